The minimum atomic E-state index is -5.17. The number of anilines is 1. The minimum Gasteiger partial charge on any atom is -0.759 e. The van der Waals surface area contributed by atoms with Gasteiger partial charge in [0.2, 0.25) is 5.51 Å². The molecule has 0 radical (unpaired) electrons. The SMILES string of the molecule is Cc1ncc(C[n+]2csc(CCO)c2C)c(N)n1.O=S(=O)([O-])[O-].[K+]. The minimum absolute atomic E-state index is 0. The van der Waals surface area contributed by atoms with Crippen LogP contribution in [0.25, 0.3) is 0 Å². The molecule has 2 rings (SSSR count). The van der Waals surface area contributed by atoms with E-state index in [0.717, 1.165) is 11.3 Å². The normalized spacial score (nSPS) is 10.5. The van der Waals surface area contributed by atoms with Gasteiger partial charge in [-0.2, -0.15) is 4.57 Å². The number of aryl methyl sites for hydroxylation is 1. The van der Waals surface area contributed by atoms with Crippen LogP contribution in [0.1, 0.15) is 22.0 Å². The van der Waals surface area contributed by atoms with Crippen LogP contribution in [0.3, 0.4) is 0 Å². The third-order valence-corrected chi connectivity index (χ3v) is 4.00. The maximum atomic E-state index is 8.98. The number of aliphatic hydroxyl groups excluding tert-OH is 1. The fourth-order valence-electron chi connectivity index (χ4n) is 1.77. The molecule has 0 unspecified atom stereocenters. The first-order valence-electron chi connectivity index (χ1n) is 6.43. The van der Waals surface area contributed by atoms with Gasteiger partial charge < -0.3 is 19.9 Å². The van der Waals surface area contributed by atoms with E-state index >= 15 is 0 Å². The fourth-order valence-corrected chi connectivity index (χ4v) is 2.75. The van der Waals surface area contributed by atoms with Crippen LogP contribution >= 0.6 is 11.3 Å². The van der Waals surface area contributed by atoms with E-state index in [1.54, 1.807) is 17.5 Å². The van der Waals surface area contributed by atoms with E-state index in [0.29, 0.717) is 24.6 Å². The Labute approximate surface area is 187 Å². The molecule has 9 nitrogen and oxygen atoms in total. The predicted octanol–water partition coefficient (Wildman–Crippen LogP) is -3.73. The summed E-state index contributed by atoms with van der Waals surface area (Å²) < 4.78 is 36.2. The van der Waals surface area contributed by atoms with E-state index < -0.39 is 10.4 Å². The van der Waals surface area contributed by atoms with Crippen molar-refractivity contribution in [2.24, 2.45) is 0 Å². The topological polar surface area (TPSA) is 156 Å². The number of nitrogen functional groups attached to an aromatic ring is 1. The molecule has 0 aliphatic carbocycles. The quantitative estimate of drug-likeness (QED) is 0.230. The molecule has 0 aliphatic rings. The number of rotatable bonds is 4. The van der Waals surface area contributed by atoms with Crippen molar-refractivity contribution >= 4 is 27.6 Å². The van der Waals surface area contributed by atoms with Gasteiger partial charge in [-0.3, -0.25) is 8.42 Å². The van der Waals surface area contributed by atoms with Crippen molar-refractivity contribution in [3.8, 4) is 0 Å². The molecule has 3 N–H and O–H groups in total. The summed E-state index contributed by atoms with van der Waals surface area (Å²) in [7, 11) is -5.17. The van der Waals surface area contributed by atoms with Gasteiger partial charge in [0, 0.05) is 36.5 Å². The summed E-state index contributed by atoms with van der Waals surface area (Å²) in [6.07, 6.45) is 2.47. The monoisotopic (exact) mass is 400 g/mol. The molecule has 0 bridgehead atoms. The molecule has 24 heavy (non-hydrogen) atoms. The van der Waals surface area contributed by atoms with Crippen molar-refractivity contribution in [3.05, 3.63) is 33.7 Å². The Morgan fingerprint density at radius 3 is 2.46 bits per heavy atom. The molecule has 0 amide bonds. The van der Waals surface area contributed by atoms with Gasteiger partial charge in [0.25, 0.3) is 0 Å². The molecule has 0 aliphatic heterocycles. The van der Waals surface area contributed by atoms with Crippen LogP contribution in [0.2, 0.25) is 0 Å². The Balaban J connectivity index is 0.000000777. The molecule has 0 aromatic carbocycles. The van der Waals surface area contributed by atoms with Crippen molar-refractivity contribution in [3.63, 3.8) is 0 Å². The number of thiazole rings is 1. The zero-order valence-electron chi connectivity index (χ0n) is 13.6. The summed E-state index contributed by atoms with van der Waals surface area (Å²) in [5.74, 6) is 1.22. The molecule has 0 atom stereocenters. The number of hydrogen-bond acceptors (Lipinski definition) is 9. The second-order valence-electron chi connectivity index (χ2n) is 4.57. The van der Waals surface area contributed by atoms with E-state index in [2.05, 4.69) is 14.5 Å². The zero-order valence-corrected chi connectivity index (χ0v) is 18.3. The van der Waals surface area contributed by atoms with E-state index in [-0.39, 0.29) is 58.0 Å². The van der Waals surface area contributed by atoms with E-state index in [9.17, 15) is 0 Å². The van der Waals surface area contributed by atoms with Crippen LogP contribution in [0.4, 0.5) is 5.82 Å². The Bertz CT molecular complexity index is 759. The van der Waals surface area contributed by atoms with Gasteiger partial charge in [-0.25, -0.2) is 9.97 Å². The van der Waals surface area contributed by atoms with Crippen molar-refractivity contribution < 1.29 is 78.6 Å². The first-order chi connectivity index (χ1) is 10.6. The molecule has 2 aromatic rings. The van der Waals surface area contributed by atoms with E-state index in [1.165, 1.54) is 4.88 Å². The Hall–Kier alpha value is -0.0236. The molecule has 128 valence electrons. The number of hydrogen-bond donors (Lipinski definition) is 2. The van der Waals surface area contributed by atoms with Crippen molar-refractivity contribution in [1.82, 2.24) is 9.97 Å². The zero-order chi connectivity index (χ0) is 17.6. The third-order valence-electron chi connectivity index (χ3n) is 2.85. The molecule has 2 aromatic heterocycles. The van der Waals surface area contributed by atoms with Gasteiger partial charge in [-0.05, 0) is 6.92 Å². The number of aromatic nitrogens is 3. The number of nitrogens with zero attached hydrogens (tertiary/aromatic N) is 3. The van der Waals surface area contributed by atoms with Crippen LogP contribution in [-0.4, -0.2) is 39.2 Å². The standard InChI is InChI=1S/C12H17N4OS.K.H2O4S/c1-8-11(3-4-17)18-7-16(8)6-10-5-14-9(2)15-12(10)13;;1-5(2,3)4/h5,7,17H,3-4,6H2,1-2H3,(H2,13,14,15);;(H2,1,2,3,4)/q2*+1;/p-2. The summed E-state index contributed by atoms with van der Waals surface area (Å²) in [5, 5.41) is 8.98. The van der Waals surface area contributed by atoms with E-state index in [4.69, 9.17) is 28.4 Å². The van der Waals surface area contributed by atoms with Crippen LogP contribution in [0, 0.1) is 13.8 Å². The van der Waals surface area contributed by atoms with Crippen LogP contribution in [0.5, 0.6) is 0 Å². The number of nitrogens with two attached hydrogens (primary N) is 1. The molecular weight excluding hydrogens is 383 g/mol. The molecule has 0 saturated heterocycles. The fraction of sp³-hybridized carbons (Fsp3) is 0.417. The van der Waals surface area contributed by atoms with Crippen LogP contribution in [0.15, 0.2) is 11.7 Å². The first-order valence-corrected chi connectivity index (χ1v) is 8.65. The van der Waals surface area contributed by atoms with Crippen LogP contribution < -0.4 is 61.7 Å². The van der Waals surface area contributed by atoms with Crippen molar-refractivity contribution in [1.29, 1.82) is 0 Å². The van der Waals surface area contributed by atoms with Gasteiger partial charge in [0.1, 0.15) is 11.6 Å². The Morgan fingerprint density at radius 2 is 1.96 bits per heavy atom. The Morgan fingerprint density at radius 1 is 1.38 bits per heavy atom. The van der Waals surface area contributed by atoms with Crippen molar-refractivity contribution in [2.75, 3.05) is 12.3 Å². The molecular formula is C12H17KN4O5S2. The molecule has 2 heterocycles. The van der Waals surface area contributed by atoms with Gasteiger partial charge in [-0.1, -0.05) is 11.3 Å². The summed E-state index contributed by atoms with van der Waals surface area (Å²) >= 11 is 1.65. The van der Waals surface area contributed by atoms with E-state index in [1.807, 2.05) is 19.4 Å². The van der Waals surface area contributed by atoms with Crippen LogP contribution in [-0.2, 0) is 23.4 Å². The van der Waals surface area contributed by atoms with Gasteiger partial charge in [-0.15, -0.1) is 0 Å². The second kappa shape index (κ2) is 10.9. The average molecular weight is 401 g/mol. The molecule has 0 saturated carbocycles. The molecule has 12 heteroatoms. The molecule has 0 fully saturated rings. The molecule has 0 spiro atoms. The van der Waals surface area contributed by atoms with Gasteiger partial charge >= 0.3 is 51.4 Å². The second-order valence-corrected chi connectivity index (χ2v) is 6.33. The summed E-state index contributed by atoms with van der Waals surface area (Å²) in [6, 6.07) is 0. The summed E-state index contributed by atoms with van der Waals surface area (Å²) in [5.41, 5.74) is 10.0. The number of aliphatic hydroxyl groups is 1. The summed E-state index contributed by atoms with van der Waals surface area (Å²) in [4.78, 5) is 9.53. The summed E-state index contributed by atoms with van der Waals surface area (Å²) in [6.45, 7) is 4.71. The van der Waals surface area contributed by atoms with Gasteiger partial charge in [0.05, 0.1) is 10.4 Å². The largest absolute Gasteiger partial charge is 1.00 e. The maximum Gasteiger partial charge on any atom is 1.00 e. The smallest absolute Gasteiger partial charge is 0.759 e. The first kappa shape index (κ1) is 24.0. The Kier molecular flexibility index (Phi) is 10.8. The predicted molar refractivity (Wildman–Crippen MR) is 80.8 cm³/mol. The maximum absolute atomic E-state index is 8.98. The van der Waals surface area contributed by atoms with Gasteiger partial charge in [0.15, 0.2) is 12.2 Å². The average Bonchev–Trinajstić information content (AvgIpc) is 2.73. The van der Waals surface area contributed by atoms with Crippen molar-refractivity contribution in [2.45, 2.75) is 26.8 Å². The third kappa shape index (κ3) is 8.89.